The Hall–Kier alpha value is -2.12. The van der Waals surface area contributed by atoms with E-state index < -0.39 is 8.07 Å². The van der Waals surface area contributed by atoms with Gasteiger partial charge in [-0.15, -0.1) is 0 Å². The number of benzene rings is 3. The molecule has 0 aliphatic carbocycles. The highest BCUT2D eigenvalue weighted by Crippen LogP contribution is 2.16. The highest BCUT2D eigenvalue weighted by Gasteiger charge is 2.38. The summed E-state index contributed by atoms with van der Waals surface area (Å²) >= 11 is 0. The van der Waals surface area contributed by atoms with Crippen molar-refractivity contribution in [3.8, 4) is 0 Å². The second kappa shape index (κ2) is 7.43. The molecule has 0 spiro atoms. The van der Waals surface area contributed by atoms with E-state index in [-0.39, 0.29) is 0 Å². The first kappa shape index (κ1) is 15.8. The van der Waals surface area contributed by atoms with E-state index in [0.717, 1.165) is 0 Å². The zero-order valence-electron chi connectivity index (χ0n) is 13.8. The number of unbranched alkanes of at least 4 members (excludes halogenated alkanes) is 1. The second-order valence-electron chi connectivity index (χ2n) is 6.11. The molecule has 0 bridgehead atoms. The molecule has 0 amide bonds. The van der Waals surface area contributed by atoms with Gasteiger partial charge in [-0.3, -0.25) is 0 Å². The van der Waals surface area contributed by atoms with Gasteiger partial charge in [-0.25, -0.2) is 0 Å². The Morgan fingerprint density at radius 1 is 0.565 bits per heavy atom. The Morgan fingerprint density at radius 3 is 1.22 bits per heavy atom. The lowest BCUT2D eigenvalue weighted by molar-refractivity contribution is 0.874. The van der Waals surface area contributed by atoms with Gasteiger partial charge in [0, 0.05) is 0 Å². The molecule has 0 saturated heterocycles. The van der Waals surface area contributed by atoms with Crippen LogP contribution in [0.2, 0.25) is 6.04 Å². The lowest BCUT2D eigenvalue weighted by Crippen LogP contribution is -2.66. The van der Waals surface area contributed by atoms with E-state index in [1.165, 1.54) is 34.4 Å². The maximum Gasteiger partial charge on any atom is 0.148 e. The molecule has 3 rings (SSSR count). The molecule has 0 aliphatic heterocycles. The van der Waals surface area contributed by atoms with Crippen molar-refractivity contribution >= 4 is 23.6 Å². The van der Waals surface area contributed by atoms with Gasteiger partial charge in [0.1, 0.15) is 8.07 Å². The summed E-state index contributed by atoms with van der Waals surface area (Å²) in [5, 5.41) is 4.56. The maximum atomic E-state index is 2.34. The van der Waals surface area contributed by atoms with Crippen LogP contribution in [0.4, 0.5) is 0 Å². The zero-order chi connectivity index (χ0) is 16.0. The Morgan fingerprint density at radius 2 is 0.913 bits per heavy atom. The highest BCUT2D eigenvalue weighted by atomic mass is 28.3. The number of rotatable bonds is 6. The van der Waals surface area contributed by atoms with Gasteiger partial charge in [-0.05, 0) is 21.6 Å². The van der Waals surface area contributed by atoms with Crippen molar-refractivity contribution in [3.05, 3.63) is 91.0 Å². The van der Waals surface area contributed by atoms with Crippen molar-refractivity contribution in [1.82, 2.24) is 0 Å². The molecule has 0 nitrogen and oxygen atoms in total. The summed E-state index contributed by atoms with van der Waals surface area (Å²) in [7, 11) is -1.94. The van der Waals surface area contributed by atoms with E-state index in [2.05, 4.69) is 97.9 Å². The van der Waals surface area contributed by atoms with Gasteiger partial charge >= 0.3 is 0 Å². The first-order valence-electron chi connectivity index (χ1n) is 8.54. The van der Waals surface area contributed by atoms with Crippen LogP contribution in [0.25, 0.3) is 0 Å². The van der Waals surface area contributed by atoms with Crippen molar-refractivity contribution in [2.45, 2.75) is 25.8 Å². The predicted octanol–water partition coefficient (Wildman–Crippen LogP) is 3.96. The molecule has 0 aromatic heterocycles. The van der Waals surface area contributed by atoms with Crippen LogP contribution >= 0.6 is 0 Å². The molecule has 0 fully saturated rings. The SMILES string of the molecule is CCCC[Si](c1ccccc1)(c1ccccc1)c1ccccc1. The molecule has 0 radical (unpaired) electrons. The van der Waals surface area contributed by atoms with Crippen LogP contribution in [0.5, 0.6) is 0 Å². The minimum absolute atomic E-state index is 1.24. The fraction of sp³-hybridized carbons (Fsp3) is 0.182. The molecule has 0 saturated carbocycles. The summed E-state index contributed by atoms with van der Waals surface area (Å²) in [6.45, 7) is 2.29. The van der Waals surface area contributed by atoms with Gasteiger partial charge in [-0.2, -0.15) is 0 Å². The van der Waals surface area contributed by atoms with Crippen molar-refractivity contribution in [1.29, 1.82) is 0 Å². The Labute approximate surface area is 140 Å². The number of hydrogen-bond donors (Lipinski definition) is 0. The largest absolute Gasteiger partial charge is 0.148 e. The Balaban J connectivity index is 2.25. The van der Waals surface area contributed by atoms with E-state index in [1.807, 2.05) is 0 Å². The number of hydrogen-bond acceptors (Lipinski definition) is 0. The summed E-state index contributed by atoms with van der Waals surface area (Å²) < 4.78 is 0. The van der Waals surface area contributed by atoms with Gasteiger partial charge in [-0.1, -0.05) is 111 Å². The third-order valence-corrected chi connectivity index (χ3v) is 9.77. The van der Waals surface area contributed by atoms with Crippen LogP contribution in [-0.4, -0.2) is 8.07 Å². The smallest absolute Gasteiger partial charge is 0.0654 e. The molecule has 23 heavy (non-hydrogen) atoms. The molecule has 116 valence electrons. The Kier molecular flexibility index (Phi) is 5.09. The molecule has 0 aliphatic rings. The van der Waals surface area contributed by atoms with Crippen LogP contribution in [-0.2, 0) is 0 Å². The van der Waals surface area contributed by atoms with Gasteiger partial charge in [0.2, 0.25) is 0 Å². The first-order chi connectivity index (χ1) is 11.4. The molecule has 0 N–H and O–H groups in total. The average Bonchev–Trinajstić information content (AvgIpc) is 2.65. The van der Waals surface area contributed by atoms with Gasteiger partial charge in [0.15, 0.2) is 0 Å². The van der Waals surface area contributed by atoms with Gasteiger partial charge in [0.05, 0.1) is 0 Å². The zero-order valence-corrected chi connectivity index (χ0v) is 14.8. The Bertz CT molecular complexity index is 608. The van der Waals surface area contributed by atoms with Crippen molar-refractivity contribution < 1.29 is 0 Å². The van der Waals surface area contributed by atoms with Gasteiger partial charge in [0.25, 0.3) is 0 Å². The van der Waals surface area contributed by atoms with Crippen molar-refractivity contribution in [2.75, 3.05) is 0 Å². The lowest BCUT2D eigenvalue weighted by Gasteiger charge is -2.34. The van der Waals surface area contributed by atoms with Crippen LogP contribution in [0.3, 0.4) is 0 Å². The van der Waals surface area contributed by atoms with Gasteiger partial charge < -0.3 is 0 Å². The standard InChI is InChI=1S/C22H24Si/c1-2-3-19-23(20-13-7-4-8-14-20,21-15-9-5-10-16-21)22-17-11-6-12-18-22/h4-18H,2-3,19H2,1H3. The fourth-order valence-electron chi connectivity index (χ4n) is 3.54. The van der Waals surface area contributed by atoms with Crippen LogP contribution in [0, 0.1) is 0 Å². The molecule has 1 heteroatoms. The molecular formula is C22H24Si. The van der Waals surface area contributed by atoms with E-state index >= 15 is 0 Å². The second-order valence-corrected chi connectivity index (χ2v) is 10.1. The van der Waals surface area contributed by atoms with E-state index in [0.29, 0.717) is 0 Å². The third-order valence-electron chi connectivity index (χ3n) is 4.71. The lowest BCUT2D eigenvalue weighted by atomic mass is 10.3. The highest BCUT2D eigenvalue weighted by molar-refractivity contribution is 7.11. The summed E-state index contributed by atoms with van der Waals surface area (Å²) in [6, 6.07) is 34.8. The average molecular weight is 317 g/mol. The molecule has 3 aromatic rings. The first-order valence-corrected chi connectivity index (χ1v) is 10.7. The summed E-state index contributed by atoms with van der Waals surface area (Å²) in [6.07, 6.45) is 2.51. The third kappa shape index (κ3) is 3.15. The normalized spacial score (nSPS) is 11.3. The van der Waals surface area contributed by atoms with E-state index in [1.54, 1.807) is 0 Å². The quantitative estimate of drug-likeness (QED) is 0.477. The van der Waals surface area contributed by atoms with Crippen molar-refractivity contribution in [2.24, 2.45) is 0 Å². The van der Waals surface area contributed by atoms with Crippen LogP contribution in [0.15, 0.2) is 91.0 Å². The maximum absolute atomic E-state index is 2.34. The molecule has 0 atom stereocenters. The van der Waals surface area contributed by atoms with E-state index in [4.69, 9.17) is 0 Å². The topological polar surface area (TPSA) is 0 Å². The van der Waals surface area contributed by atoms with Crippen molar-refractivity contribution in [3.63, 3.8) is 0 Å². The summed E-state index contributed by atoms with van der Waals surface area (Å²) in [4.78, 5) is 0. The molecule has 3 aromatic carbocycles. The monoisotopic (exact) mass is 316 g/mol. The summed E-state index contributed by atoms with van der Waals surface area (Å²) in [5.41, 5.74) is 0. The predicted molar refractivity (Wildman–Crippen MR) is 104 cm³/mol. The molecule has 0 heterocycles. The summed E-state index contributed by atoms with van der Waals surface area (Å²) in [5.74, 6) is 0. The minimum atomic E-state index is -1.94. The van der Waals surface area contributed by atoms with E-state index in [9.17, 15) is 0 Å². The molecular weight excluding hydrogens is 292 g/mol. The van der Waals surface area contributed by atoms with Crippen LogP contribution < -0.4 is 15.6 Å². The fourth-order valence-corrected chi connectivity index (χ4v) is 8.58. The minimum Gasteiger partial charge on any atom is -0.0654 e. The molecule has 0 unspecified atom stereocenters. The van der Waals surface area contributed by atoms with Crippen LogP contribution in [0.1, 0.15) is 19.8 Å².